The number of nitrogens with zero attached hydrogens (tertiary/aromatic N) is 4. The van der Waals surface area contributed by atoms with Gasteiger partial charge < -0.3 is 19.5 Å². The molecule has 3 heterocycles. The van der Waals surface area contributed by atoms with Crippen LogP contribution >= 0.6 is 0 Å². The summed E-state index contributed by atoms with van der Waals surface area (Å²) in [6.07, 6.45) is 3.52. The van der Waals surface area contributed by atoms with Gasteiger partial charge in [0.25, 0.3) is 5.78 Å². The molecule has 0 saturated carbocycles. The molecule has 4 rings (SSSR count). The van der Waals surface area contributed by atoms with Crippen LogP contribution in [0, 0.1) is 5.92 Å². The second-order valence-corrected chi connectivity index (χ2v) is 6.88. The summed E-state index contributed by atoms with van der Waals surface area (Å²) in [6.45, 7) is 1.98. The van der Waals surface area contributed by atoms with Gasteiger partial charge in [0.1, 0.15) is 17.9 Å². The Morgan fingerprint density at radius 2 is 2.00 bits per heavy atom. The summed E-state index contributed by atoms with van der Waals surface area (Å²) in [7, 11) is 3.34. The Balaban J connectivity index is 1.70. The first-order valence-corrected chi connectivity index (χ1v) is 9.45. The first kappa shape index (κ1) is 18.6. The van der Waals surface area contributed by atoms with Crippen LogP contribution in [-0.2, 0) is 16.1 Å². The Morgan fingerprint density at radius 3 is 2.71 bits per heavy atom. The van der Waals surface area contributed by atoms with Crippen molar-refractivity contribution in [1.82, 2.24) is 19.6 Å². The second-order valence-electron chi connectivity index (χ2n) is 6.88. The lowest BCUT2D eigenvalue weighted by molar-refractivity contribution is 0.0604. The molecule has 1 fully saturated rings. The van der Waals surface area contributed by atoms with Gasteiger partial charge in [-0.05, 0) is 36.5 Å². The fourth-order valence-electron chi connectivity index (χ4n) is 3.68. The number of fused-ring (bicyclic) bond motifs is 1. The number of rotatable bonds is 7. The molecule has 28 heavy (non-hydrogen) atoms. The highest BCUT2D eigenvalue weighted by Crippen LogP contribution is 2.34. The van der Waals surface area contributed by atoms with Gasteiger partial charge in [-0.1, -0.05) is 12.1 Å². The van der Waals surface area contributed by atoms with E-state index in [1.54, 1.807) is 18.7 Å². The predicted molar refractivity (Wildman–Crippen MR) is 104 cm³/mol. The number of aromatic nitrogens is 4. The molecular weight excluding hydrogens is 358 g/mol. The highest BCUT2D eigenvalue weighted by molar-refractivity contribution is 5.47. The van der Waals surface area contributed by atoms with Gasteiger partial charge in [0.15, 0.2) is 0 Å². The molecule has 0 radical (unpaired) electrons. The normalized spacial score (nSPS) is 16.2. The van der Waals surface area contributed by atoms with Crippen LogP contribution < -0.4 is 10.1 Å². The van der Waals surface area contributed by atoms with Crippen LogP contribution in [0.5, 0.6) is 5.75 Å². The predicted octanol–water partition coefficient (Wildman–Crippen LogP) is 2.86. The summed E-state index contributed by atoms with van der Waals surface area (Å²) in [5, 5.41) is 8.03. The van der Waals surface area contributed by atoms with E-state index in [0.717, 1.165) is 43.3 Å². The van der Waals surface area contributed by atoms with Crippen molar-refractivity contribution in [3.63, 3.8) is 0 Å². The molecule has 8 heteroatoms. The van der Waals surface area contributed by atoms with Crippen LogP contribution in [0.3, 0.4) is 0 Å². The zero-order valence-corrected chi connectivity index (χ0v) is 16.2. The number of benzene rings is 1. The Kier molecular flexibility index (Phi) is 5.68. The fraction of sp³-hybridized carbons (Fsp3) is 0.450. The van der Waals surface area contributed by atoms with E-state index in [0.29, 0.717) is 18.3 Å². The first-order valence-electron chi connectivity index (χ1n) is 9.45. The molecule has 2 aromatic heterocycles. The van der Waals surface area contributed by atoms with Crippen molar-refractivity contribution in [3.05, 3.63) is 47.9 Å². The summed E-state index contributed by atoms with van der Waals surface area (Å²) in [5.41, 5.74) is 2.01. The van der Waals surface area contributed by atoms with Gasteiger partial charge >= 0.3 is 0 Å². The van der Waals surface area contributed by atoms with Crippen molar-refractivity contribution >= 4 is 11.6 Å². The van der Waals surface area contributed by atoms with E-state index < -0.39 is 0 Å². The van der Waals surface area contributed by atoms with Crippen LogP contribution in [0.1, 0.15) is 30.1 Å². The number of methoxy groups -OCH3 is 2. The summed E-state index contributed by atoms with van der Waals surface area (Å²) in [4.78, 5) is 8.73. The van der Waals surface area contributed by atoms with Crippen molar-refractivity contribution in [2.45, 2.75) is 25.5 Å². The standard InChI is InChI=1S/C20H25N5O3/c1-26-12-16-11-18(25-20(23-16)21-13-22-25)24-19(15-7-9-28-10-8-15)14-3-5-17(27-2)6-4-14/h3-6,11,13,15,19,24H,7-10,12H2,1-2H3. The van der Waals surface area contributed by atoms with Gasteiger partial charge in [-0.25, -0.2) is 4.98 Å². The topological polar surface area (TPSA) is 82.8 Å². The Labute approximate surface area is 163 Å². The molecule has 0 aliphatic carbocycles. The molecule has 1 atom stereocenters. The van der Waals surface area contributed by atoms with Crippen molar-refractivity contribution in [2.75, 3.05) is 32.8 Å². The second kappa shape index (κ2) is 8.53. The first-order chi connectivity index (χ1) is 13.8. The summed E-state index contributed by atoms with van der Waals surface area (Å²) in [5.74, 6) is 2.69. The molecule has 0 bridgehead atoms. The van der Waals surface area contributed by atoms with Crippen molar-refractivity contribution in [1.29, 1.82) is 0 Å². The SMILES string of the molecule is COCc1cc(NC(c2ccc(OC)cc2)C2CCOCC2)n2ncnc2n1. The molecule has 1 aliphatic rings. The third kappa shape index (κ3) is 3.93. The average molecular weight is 383 g/mol. The minimum atomic E-state index is 0.111. The van der Waals surface area contributed by atoms with E-state index in [9.17, 15) is 0 Å². The molecule has 1 aliphatic heterocycles. The summed E-state index contributed by atoms with van der Waals surface area (Å²) >= 11 is 0. The van der Waals surface area contributed by atoms with Crippen LogP contribution in [0.2, 0.25) is 0 Å². The average Bonchev–Trinajstić information content (AvgIpc) is 3.22. The van der Waals surface area contributed by atoms with E-state index in [2.05, 4.69) is 32.5 Å². The molecule has 3 aromatic rings. The molecule has 1 aromatic carbocycles. The van der Waals surface area contributed by atoms with E-state index in [1.807, 2.05) is 18.2 Å². The maximum Gasteiger partial charge on any atom is 0.254 e. The number of ether oxygens (including phenoxy) is 3. The Hall–Kier alpha value is -2.71. The quantitative estimate of drug-likeness (QED) is 0.672. The van der Waals surface area contributed by atoms with E-state index in [1.165, 1.54) is 11.9 Å². The van der Waals surface area contributed by atoms with E-state index in [4.69, 9.17) is 14.2 Å². The Bertz CT molecular complexity index is 906. The molecule has 148 valence electrons. The van der Waals surface area contributed by atoms with Crippen LogP contribution in [0.25, 0.3) is 5.78 Å². The molecule has 0 amide bonds. The van der Waals surface area contributed by atoms with Gasteiger partial charge in [0, 0.05) is 26.4 Å². The monoisotopic (exact) mass is 383 g/mol. The third-order valence-corrected chi connectivity index (χ3v) is 5.11. The van der Waals surface area contributed by atoms with Crippen LogP contribution in [0.15, 0.2) is 36.7 Å². The molecule has 1 saturated heterocycles. The van der Waals surface area contributed by atoms with Gasteiger partial charge in [-0.2, -0.15) is 14.6 Å². The zero-order chi connectivity index (χ0) is 19.3. The lowest BCUT2D eigenvalue weighted by atomic mass is 9.87. The van der Waals surface area contributed by atoms with Crippen molar-refractivity contribution < 1.29 is 14.2 Å². The number of anilines is 1. The maximum absolute atomic E-state index is 5.58. The lowest BCUT2D eigenvalue weighted by Gasteiger charge is -2.32. The molecular formula is C20H25N5O3. The highest BCUT2D eigenvalue weighted by Gasteiger charge is 2.26. The Morgan fingerprint density at radius 1 is 1.21 bits per heavy atom. The van der Waals surface area contributed by atoms with E-state index >= 15 is 0 Å². The molecule has 0 spiro atoms. The smallest absolute Gasteiger partial charge is 0.254 e. The number of hydrogen-bond acceptors (Lipinski definition) is 7. The minimum absolute atomic E-state index is 0.111. The van der Waals surface area contributed by atoms with Crippen LogP contribution in [0.4, 0.5) is 5.82 Å². The summed E-state index contributed by atoms with van der Waals surface area (Å²) in [6, 6.07) is 10.3. The van der Waals surface area contributed by atoms with E-state index in [-0.39, 0.29) is 6.04 Å². The van der Waals surface area contributed by atoms with Crippen LogP contribution in [-0.4, -0.2) is 47.0 Å². The highest BCUT2D eigenvalue weighted by atomic mass is 16.5. The third-order valence-electron chi connectivity index (χ3n) is 5.11. The minimum Gasteiger partial charge on any atom is -0.497 e. The molecule has 1 unspecified atom stereocenters. The van der Waals surface area contributed by atoms with Crippen molar-refractivity contribution in [2.24, 2.45) is 5.92 Å². The van der Waals surface area contributed by atoms with Gasteiger partial charge in [-0.15, -0.1) is 0 Å². The molecule has 8 nitrogen and oxygen atoms in total. The largest absolute Gasteiger partial charge is 0.497 e. The molecule has 1 N–H and O–H groups in total. The fourth-order valence-corrected chi connectivity index (χ4v) is 3.68. The number of hydrogen-bond donors (Lipinski definition) is 1. The summed E-state index contributed by atoms with van der Waals surface area (Å²) < 4.78 is 17.9. The zero-order valence-electron chi connectivity index (χ0n) is 16.2. The maximum atomic E-state index is 5.58. The number of nitrogens with one attached hydrogen (secondary N) is 1. The van der Waals surface area contributed by atoms with Gasteiger partial charge in [-0.3, -0.25) is 0 Å². The van der Waals surface area contributed by atoms with Crippen molar-refractivity contribution in [3.8, 4) is 5.75 Å². The van der Waals surface area contributed by atoms with Gasteiger partial charge in [0.05, 0.1) is 25.5 Å². The van der Waals surface area contributed by atoms with Gasteiger partial charge in [0.2, 0.25) is 0 Å². The lowest BCUT2D eigenvalue weighted by Crippen LogP contribution is -2.28.